The van der Waals surface area contributed by atoms with E-state index in [9.17, 15) is 4.79 Å². The molecule has 4 atom stereocenters. The van der Waals surface area contributed by atoms with E-state index in [2.05, 4.69) is 31.4 Å². The topological polar surface area (TPSA) is 41.1 Å². The molecule has 2 bridgehead atoms. The third-order valence-corrected chi connectivity index (χ3v) is 6.00. The minimum atomic E-state index is -0.0685. The number of hydrogen-bond acceptors (Lipinski definition) is 2. The molecule has 0 heterocycles. The van der Waals surface area contributed by atoms with Crippen LogP contribution in [0.5, 0.6) is 0 Å². The summed E-state index contributed by atoms with van der Waals surface area (Å²) >= 11 is 0. The minimum Gasteiger partial charge on any atom is -0.352 e. The summed E-state index contributed by atoms with van der Waals surface area (Å²) in [6.45, 7) is 9.19. The summed E-state index contributed by atoms with van der Waals surface area (Å²) in [4.78, 5) is 12.1. The van der Waals surface area contributed by atoms with Gasteiger partial charge in [-0.3, -0.25) is 4.79 Å². The average Bonchev–Trinajstić information content (AvgIpc) is 3.01. The highest BCUT2D eigenvalue weighted by atomic mass is 16.2. The van der Waals surface area contributed by atoms with Crippen molar-refractivity contribution >= 4 is 5.91 Å². The lowest BCUT2D eigenvalue weighted by atomic mass is 9.68. The predicted molar refractivity (Wildman–Crippen MR) is 76.8 cm³/mol. The van der Waals surface area contributed by atoms with Gasteiger partial charge in [-0.2, -0.15) is 0 Å². The Morgan fingerprint density at radius 3 is 2.42 bits per heavy atom. The van der Waals surface area contributed by atoms with Crippen molar-refractivity contribution in [2.24, 2.45) is 16.7 Å². The molecule has 3 fully saturated rings. The molecule has 0 radical (unpaired) electrons. The molecule has 0 spiro atoms. The molecule has 3 saturated carbocycles. The van der Waals surface area contributed by atoms with Gasteiger partial charge in [0.05, 0.1) is 6.04 Å². The van der Waals surface area contributed by atoms with Gasteiger partial charge in [0.15, 0.2) is 0 Å². The Balaban J connectivity index is 1.66. The van der Waals surface area contributed by atoms with Crippen molar-refractivity contribution in [3.8, 4) is 0 Å². The van der Waals surface area contributed by atoms with Crippen molar-refractivity contribution < 1.29 is 4.79 Å². The summed E-state index contributed by atoms with van der Waals surface area (Å²) in [7, 11) is 0. The van der Waals surface area contributed by atoms with E-state index in [1.807, 2.05) is 6.92 Å². The van der Waals surface area contributed by atoms with E-state index in [4.69, 9.17) is 0 Å². The largest absolute Gasteiger partial charge is 0.352 e. The lowest BCUT2D eigenvalue weighted by molar-refractivity contribution is -0.123. The van der Waals surface area contributed by atoms with Crippen molar-refractivity contribution in [3.63, 3.8) is 0 Å². The Hall–Kier alpha value is -0.570. The molecular weight excluding hydrogens is 236 g/mol. The van der Waals surface area contributed by atoms with Crippen LogP contribution in [-0.2, 0) is 4.79 Å². The summed E-state index contributed by atoms with van der Waals surface area (Å²) in [6, 6.07) is 0.861. The normalized spacial score (nSPS) is 41.3. The van der Waals surface area contributed by atoms with Gasteiger partial charge in [-0.25, -0.2) is 0 Å². The summed E-state index contributed by atoms with van der Waals surface area (Å²) in [5.41, 5.74) is 0.712. The van der Waals surface area contributed by atoms with Crippen LogP contribution in [-0.4, -0.2) is 24.0 Å². The molecule has 3 nitrogen and oxygen atoms in total. The standard InChI is InChI=1S/C16H28N2O/c1-10(13(19)18-12-5-6-12)17-14-15(2,3)11-7-8-16(14,4)9-11/h10-12,14,17H,5-9H2,1-4H3,(H,18,19)/t10?,11-,14?,16+/m0/s1. The summed E-state index contributed by atoms with van der Waals surface area (Å²) in [5.74, 6) is 1.01. The highest BCUT2D eigenvalue weighted by Gasteiger charge is 2.59. The van der Waals surface area contributed by atoms with Crippen LogP contribution in [0.1, 0.15) is 59.8 Å². The number of carbonyl (C=O) groups is 1. The number of fused-ring (bicyclic) bond motifs is 2. The van der Waals surface area contributed by atoms with E-state index < -0.39 is 0 Å². The van der Waals surface area contributed by atoms with Crippen LogP contribution >= 0.6 is 0 Å². The van der Waals surface area contributed by atoms with Gasteiger partial charge in [-0.1, -0.05) is 20.8 Å². The van der Waals surface area contributed by atoms with Crippen LogP contribution in [0.4, 0.5) is 0 Å². The maximum absolute atomic E-state index is 12.1. The number of amides is 1. The summed E-state index contributed by atoms with van der Waals surface area (Å²) in [5, 5.41) is 6.77. The second kappa shape index (κ2) is 4.21. The molecule has 1 amide bonds. The number of rotatable bonds is 4. The Labute approximate surface area is 116 Å². The number of nitrogens with one attached hydrogen (secondary N) is 2. The fourth-order valence-electron chi connectivity index (χ4n) is 4.60. The van der Waals surface area contributed by atoms with Crippen LogP contribution in [0.3, 0.4) is 0 Å². The highest BCUT2D eigenvalue weighted by molar-refractivity contribution is 5.81. The molecule has 0 aromatic heterocycles. The molecule has 3 rings (SSSR count). The van der Waals surface area contributed by atoms with Crippen LogP contribution in [0, 0.1) is 16.7 Å². The second-order valence-electron chi connectivity index (χ2n) is 8.02. The Kier molecular flexibility index (Phi) is 2.97. The SMILES string of the molecule is CC(NC1C(C)(C)[C@H]2CC[C@]1(C)C2)C(=O)NC1CC1. The van der Waals surface area contributed by atoms with Crippen molar-refractivity contribution in [1.82, 2.24) is 10.6 Å². The van der Waals surface area contributed by atoms with Crippen LogP contribution in [0.2, 0.25) is 0 Å². The third-order valence-electron chi connectivity index (χ3n) is 6.00. The van der Waals surface area contributed by atoms with E-state index in [-0.39, 0.29) is 11.9 Å². The Morgan fingerprint density at radius 1 is 1.21 bits per heavy atom. The molecule has 2 unspecified atom stereocenters. The van der Waals surface area contributed by atoms with Gasteiger partial charge >= 0.3 is 0 Å². The zero-order valence-electron chi connectivity index (χ0n) is 12.8. The van der Waals surface area contributed by atoms with Crippen LogP contribution < -0.4 is 10.6 Å². The van der Waals surface area contributed by atoms with Crippen molar-refractivity contribution in [3.05, 3.63) is 0 Å². The van der Waals surface area contributed by atoms with Gasteiger partial charge in [0.1, 0.15) is 0 Å². The maximum atomic E-state index is 12.1. The molecule has 3 aliphatic carbocycles. The molecule has 0 aliphatic heterocycles. The second-order valence-corrected chi connectivity index (χ2v) is 8.02. The van der Waals surface area contributed by atoms with E-state index in [1.54, 1.807) is 0 Å². The van der Waals surface area contributed by atoms with Gasteiger partial charge in [0.25, 0.3) is 0 Å². The van der Waals surface area contributed by atoms with Crippen molar-refractivity contribution in [2.75, 3.05) is 0 Å². The first-order valence-electron chi connectivity index (χ1n) is 7.89. The number of carbonyl (C=O) groups excluding carboxylic acids is 1. The molecule has 0 aromatic carbocycles. The molecular formula is C16H28N2O. The van der Waals surface area contributed by atoms with Gasteiger partial charge in [0.2, 0.25) is 5.91 Å². The molecule has 108 valence electrons. The molecule has 3 aliphatic rings. The minimum absolute atomic E-state index is 0.0685. The lowest BCUT2D eigenvalue weighted by Gasteiger charge is -2.44. The first-order chi connectivity index (χ1) is 8.83. The van der Waals surface area contributed by atoms with E-state index in [0.717, 1.165) is 18.8 Å². The number of hydrogen-bond donors (Lipinski definition) is 2. The summed E-state index contributed by atoms with van der Waals surface area (Å²) < 4.78 is 0. The monoisotopic (exact) mass is 264 g/mol. The first kappa shape index (κ1) is 13.4. The van der Waals surface area contributed by atoms with Gasteiger partial charge < -0.3 is 10.6 Å². The van der Waals surface area contributed by atoms with Crippen molar-refractivity contribution in [2.45, 2.75) is 77.9 Å². The van der Waals surface area contributed by atoms with E-state index in [1.165, 1.54) is 19.3 Å². The van der Waals surface area contributed by atoms with Crippen LogP contribution in [0.25, 0.3) is 0 Å². The fraction of sp³-hybridized carbons (Fsp3) is 0.938. The molecule has 2 N–H and O–H groups in total. The van der Waals surface area contributed by atoms with Gasteiger partial charge in [-0.15, -0.1) is 0 Å². The van der Waals surface area contributed by atoms with Gasteiger partial charge in [0, 0.05) is 12.1 Å². The molecule has 3 heteroatoms. The van der Waals surface area contributed by atoms with E-state index >= 15 is 0 Å². The first-order valence-corrected chi connectivity index (χ1v) is 7.89. The van der Waals surface area contributed by atoms with Crippen molar-refractivity contribution in [1.29, 1.82) is 0 Å². The molecule has 0 saturated heterocycles. The molecule has 19 heavy (non-hydrogen) atoms. The Bertz CT molecular complexity index is 383. The lowest BCUT2D eigenvalue weighted by Crippen LogP contribution is -2.56. The zero-order chi connectivity index (χ0) is 13.8. The summed E-state index contributed by atoms with van der Waals surface area (Å²) in [6.07, 6.45) is 6.33. The predicted octanol–water partition coefficient (Wildman–Crippen LogP) is 2.46. The Morgan fingerprint density at radius 2 is 1.89 bits per heavy atom. The quantitative estimate of drug-likeness (QED) is 0.819. The third kappa shape index (κ3) is 2.20. The van der Waals surface area contributed by atoms with E-state index in [0.29, 0.717) is 22.9 Å². The smallest absolute Gasteiger partial charge is 0.237 e. The zero-order valence-corrected chi connectivity index (χ0v) is 12.8. The average molecular weight is 264 g/mol. The fourth-order valence-corrected chi connectivity index (χ4v) is 4.60. The molecule has 0 aromatic rings. The van der Waals surface area contributed by atoms with Gasteiger partial charge in [-0.05, 0) is 55.8 Å². The maximum Gasteiger partial charge on any atom is 0.237 e. The highest BCUT2D eigenvalue weighted by Crippen LogP contribution is 2.62. The van der Waals surface area contributed by atoms with Crippen LogP contribution in [0.15, 0.2) is 0 Å².